The van der Waals surface area contributed by atoms with Crippen LogP contribution in [0, 0.1) is 10.7 Å². The zero-order valence-corrected chi connectivity index (χ0v) is 16.3. The number of hydrogen-bond acceptors (Lipinski definition) is 6. The lowest BCUT2D eigenvalue weighted by atomic mass is 10.1. The maximum Gasteiger partial charge on any atom is 0.534 e. The SMILES string of the molecule is N#CSc1ccc(NC(=O)Nc2ccc(OS(=O)(=O)C(F)(F)F)c(C(F)(F)F)c2)cc1. The number of thioether (sulfide) groups is 1. The zero-order chi connectivity index (χ0) is 23.4. The molecule has 0 aliphatic heterocycles. The van der Waals surface area contributed by atoms with Gasteiger partial charge in [-0.2, -0.15) is 40.0 Å². The Hall–Kier alpha value is -3.12. The van der Waals surface area contributed by atoms with Crippen LogP contribution in [0.25, 0.3) is 0 Å². The van der Waals surface area contributed by atoms with Gasteiger partial charge in [0, 0.05) is 16.3 Å². The van der Waals surface area contributed by atoms with E-state index in [1.807, 2.05) is 10.7 Å². The van der Waals surface area contributed by atoms with Crippen LogP contribution in [0.5, 0.6) is 5.75 Å². The Labute approximate surface area is 175 Å². The smallest absolute Gasteiger partial charge is 0.375 e. The predicted molar refractivity (Wildman–Crippen MR) is 97.6 cm³/mol. The van der Waals surface area contributed by atoms with E-state index in [4.69, 9.17) is 5.26 Å². The molecule has 0 heterocycles. The Morgan fingerprint density at radius 2 is 1.52 bits per heavy atom. The van der Waals surface area contributed by atoms with E-state index in [0.717, 1.165) is 17.8 Å². The number of benzene rings is 2. The summed E-state index contributed by atoms with van der Waals surface area (Å²) in [5.74, 6) is -1.61. The molecule has 0 aliphatic rings. The van der Waals surface area contributed by atoms with Crippen LogP contribution in [0.1, 0.15) is 5.56 Å². The lowest BCUT2D eigenvalue weighted by Gasteiger charge is -2.16. The summed E-state index contributed by atoms with van der Waals surface area (Å²) in [6, 6.07) is 6.10. The summed E-state index contributed by atoms with van der Waals surface area (Å²) in [7, 11) is -6.34. The molecule has 0 aromatic heterocycles. The van der Waals surface area contributed by atoms with E-state index < -0.39 is 44.8 Å². The minimum Gasteiger partial charge on any atom is -0.375 e. The number of nitriles is 1. The quantitative estimate of drug-likeness (QED) is 0.199. The van der Waals surface area contributed by atoms with E-state index in [9.17, 15) is 39.6 Å². The van der Waals surface area contributed by atoms with Crippen molar-refractivity contribution in [1.82, 2.24) is 0 Å². The maximum absolute atomic E-state index is 13.2. The van der Waals surface area contributed by atoms with Gasteiger partial charge in [0.25, 0.3) is 0 Å². The van der Waals surface area contributed by atoms with Crippen LogP contribution in [0.2, 0.25) is 0 Å². The highest BCUT2D eigenvalue weighted by Gasteiger charge is 2.49. The van der Waals surface area contributed by atoms with Gasteiger partial charge in [0.1, 0.15) is 11.0 Å². The van der Waals surface area contributed by atoms with Gasteiger partial charge in [-0.3, -0.25) is 0 Å². The fraction of sp³-hybridized carbons (Fsp3) is 0.125. The molecule has 166 valence electrons. The van der Waals surface area contributed by atoms with Crippen LogP contribution in [0.4, 0.5) is 42.5 Å². The Morgan fingerprint density at radius 1 is 0.968 bits per heavy atom. The summed E-state index contributed by atoms with van der Waals surface area (Å²) in [6.45, 7) is 0. The van der Waals surface area contributed by atoms with Crippen molar-refractivity contribution in [3.05, 3.63) is 48.0 Å². The molecule has 2 aromatic rings. The third-order valence-electron chi connectivity index (χ3n) is 3.30. The molecule has 0 bridgehead atoms. The second-order valence-electron chi connectivity index (χ2n) is 5.49. The van der Waals surface area contributed by atoms with E-state index in [1.54, 1.807) is 0 Å². The Balaban J connectivity index is 2.22. The fourth-order valence-electron chi connectivity index (χ4n) is 2.02. The molecule has 2 N–H and O–H groups in total. The highest BCUT2D eigenvalue weighted by atomic mass is 32.2. The number of anilines is 2. The Kier molecular flexibility index (Phi) is 6.96. The van der Waals surface area contributed by atoms with Crippen molar-refractivity contribution in [3.8, 4) is 11.2 Å². The van der Waals surface area contributed by atoms with Gasteiger partial charge in [-0.15, -0.1) is 0 Å². The molecule has 0 fully saturated rings. The third kappa shape index (κ3) is 6.43. The number of hydrogen-bond donors (Lipinski definition) is 2. The summed E-state index contributed by atoms with van der Waals surface area (Å²) in [5.41, 5.74) is -8.06. The molecule has 15 heteroatoms. The van der Waals surface area contributed by atoms with Gasteiger partial charge in [-0.05, 0) is 54.2 Å². The molecule has 2 rings (SSSR count). The highest BCUT2D eigenvalue weighted by molar-refractivity contribution is 8.03. The van der Waals surface area contributed by atoms with Gasteiger partial charge in [0.15, 0.2) is 5.75 Å². The van der Waals surface area contributed by atoms with Crippen molar-refractivity contribution in [3.63, 3.8) is 0 Å². The first-order valence-corrected chi connectivity index (χ1v) is 9.91. The average Bonchev–Trinajstić information content (AvgIpc) is 2.63. The molecule has 2 aromatic carbocycles. The average molecular weight is 485 g/mol. The Bertz CT molecular complexity index is 1110. The van der Waals surface area contributed by atoms with Crippen molar-refractivity contribution in [2.75, 3.05) is 10.6 Å². The van der Waals surface area contributed by atoms with E-state index in [-0.39, 0.29) is 11.8 Å². The number of urea groups is 1. The largest absolute Gasteiger partial charge is 0.534 e. The summed E-state index contributed by atoms with van der Waals surface area (Å²) in [6.07, 6.45) is -5.29. The number of nitrogens with zero attached hydrogens (tertiary/aromatic N) is 1. The third-order valence-corrected chi connectivity index (χ3v) is 4.87. The number of alkyl halides is 6. The Morgan fingerprint density at radius 3 is 2.03 bits per heavy atom. The molecule has 0 spiro atoms. The van der Waals surface area contributed by atoms with Gasteiger partial charge in [0.2, 0.25) is 0 Å². The van der Waals surface area contributed by atoms with Gasteiger partial charge in [-0.25, -0.2) is 4.79 Å². The van der Waals surface area contributed by atoms with Crippen molar-refractivity contribution in [2.24, 2.45) is 0 Å². The maximum atomic E-state index is 13.2. The van der Waals surface area contributed by atoms with Crippen molar-refractivity contribution in [2.45, 2.75) is 16.6 Å². The number of nitrogens with one attached hydrogen (secondary N) is 2. The fourth-order valence-corrected chi connectivity index (χ4v) is 2.87. The molecule has 31 heavy (non-hydrogen) atoms. The molecular formula is C16H9F6N3O4S2. The van der Waals surface area contributed by atoms with Crippen molar-refractivity contribution >= 4 is 39.3 Å². The molecule has 0 atom stereocenters. The molecule has 0 radical (unpaired) electrons. The molecule has 0 aliphatic carbocycles. The predicted octanol–water partition coefficient (Wildman–Crippen LogP) is 5.15. The number of carbonyl (C=O) groups excluding carboxylic acids is 1. The van der Waals surface area contributed by atoms with Crippen LogP contribution in [0.15, 0.2) is 47.4 Å². The summed E-state index contributed by atoms with van der Waals surface area (Å²) in [5, 5.41) is 14.7. The number of carbonyl (C=O) groups is 1. The highest BCUT2D eigenvalue weighted by Crippen LogP contribution is 2.40. The van der Waals surface area contributed by atoms with Crippen molar-refractivity contribution in [1.29, 1.82) is 5.26 Å². The topological polar surface area (TPSA) is 108 Å². The first-order valence-electron chi connectivity index (χ1n) is 7.69. The molecular weight excluding hydrogens is 476 g/mol. The molecule has 0 saturated carbocycles. The summed E-state index contributed by atoms with van der Waals surface area (Å²) < 4.78 is 102. The minimum atomic E-state index is -6.34. The van der Waals surface area contributed by atoms with Crippen LogP contribution in [0.3, 0.4) is 0 Å². The summed E-state index contributed by atoms with van der Waals surface area (Å²) in [4.78, 5) is 12.5. The van der Waals surface area contributed by atoms with Gasteiger partial charge in [0.05, 0.1) is 0 Å². The molecule has 0 unspecified atom stereocenters. The van der Waals surface area contributed by atoms with E-state index in [2.05, 4.69) is 9.50 Å². The lowest BCUT2D eigenvalue weighted by Crippen LogP contribution is -2.29. The van der Waals surface area contributed by atoms with Gasteiger partial charge < -0.3 is 14.8 Å². The van der Waals surface area contributed by atoms with E-state index >= 15 is 0 Å². The summed E-state index contributed by atoms with van der Waals surface area (Å²) >= 11 is 0.862. The molecule has 2 amide bonds. The molecule has 7 nitrogen and oxygen atoms in total. The van der Waals surface area contributed by atoms with E-state index in [0.29, 0.717) is 11.0 Å². The number of halogens is 6. The number of amides is 2. The van der Waals surface area contributed by atoms with Gasteiger partial charge in [-0.1, -0.05) is 0 Å². The number of rotatable bonds is 5. The molecule has 0 saturated heterocycles. The monoisotopic (exact) mass is 485 g/mol. The zero-order valence-electron chi connectivity index (χ0n) is 14.7. The first kappa shape index (κ1) is 24.2. The van der Waals surface area contributed by atoms with Crippen LogP contribution >= 0.6 is 11.8 Å². The minimum absolute atomic E-state index is 0.216. The second-order valence-corrected chi connectivity index (χ2v) is 7.88. The normalized spacial score (nSPS) is 12.0. The number of thiocyanates is 1. The standard InChI is InChI=1S/C16H9F6N3O4S2/c17-15(18,19)12-7-10(3-6-13(12)29-31(27,28)16(20,21)22)25-14(26)24-9-1-4-11(5-2-9)30-8-23/h1-7H,(H2,24,25,26). The van der Waals surface area contributed by atoms with Crippen LogP contribution in [-0.4, -0.2) is 20.0 Å². The lowest BCUT2D eigenvalue weighted by molar-refractivity contribution is -0.138. The van der Waals surface area contributed by atoms with Crippen LogP contribution < -0.4 is 14.8 Å². The van der Waals surface area contributed by atoms with Crippen LogP contribution in [-0.2, 0) is 16.3 Å². The van der Waals surface area contributed by atoms with Gasteiger partial charge >= 0.3 is 27.8 Å². The van der Waals surface area contributed by atoms with Crippen molar-refractivity contribution < 1.29 is 43.7 Å². The second kappa shape index (κ2) is 8.94. The van der Waals surface area contributed by atoms with E-state index in [1.165, 1.54) is 24.3 Å². The first-order chi connectivity index (χ1) is 14.2.